The average Bonchev–Trinajstić information content (AvgIpc) is 2.93. The van der Waals surface area contributed by atoms with E-state index in [-0.39, 0.29) is 24.1 Å². The highest BCUT2D eigenvalue weighted by atomic mass is 28.4. The summed E-state index contributed by atoms with van der Waals surface area (Å²) in [6.07, 6.45) is 0.259. The summed E-state index contributed by atoms with van der Waals surface area (Å²) in [5, 5.41) is 15.8. The quantitative estimate of drug-likeness (QED) is 0.302. The van der Waals surface area contributed by atoms with Crippen LogP contribution in [0.2, 0.25) is 5.04 Å². The lowest BCUT2D eigenvalue weighted by Gasteiger charge is -2.46. The number of rotatable bonds is 9. The summed E-state index contributed by atoms with van der Waals surface area (Å²) in [6.45, 7) is 12.2. The third kappa shape index (κ3) is 5.22. The number of aliphatic hydroxyl groups excluding tert-OH is 1. The molecular formula is C32H38N2O5Si. The molecule has 2 amide bonds. The van der Waals surface area contributed by atoms with Crippen molar-refractivity contribution in [2.75, 3.05) is 25.6 Å². The van der Waals surface area contributed by atoms with Crippen molar-refractivity contribution in [1.82, 2.24) is 4.90 Å². The zero-order valence-corrected chi connectivity index (χ0v) is 24.8. The first-order chi connectivity index (χ1) is 19.1. The van der Waals surface area contributed by atoms with Crippen molar-refractivity contribution in [3.8, 4) is 5.75 Å². The van der Waals surface area contributed by atoms with Crippen LogP contribution in [0, 0.1) is 0 Å². The van der Waals surface area contributed by atoms with Crippen LogP contribution >= 0.6 is 0 Å². The van der Waals surface area contributed by atoms with Gasteiger partial charge in [0, 0.05) is 19.0 Å². The fraction of sp³-hybridized carbons (Fsp3) is 0.312. The van der Waals surface area contributed by atoms with Gasteiger partial charge in [0.05, 0.1) is 25.4 Å². The number of hydrogen-bond acceptors (Lipinski definition) is 5. The Labute approximate surface area is 237 Å². The lowest BCUT2D eigenvalue weighted by Crippen LogP contribution is -2.67. The van der Waals surface area contributed by atoms with Crippen molar-refractivity contribution in [1.29, 1.82) is 0 Å². The van der Waals surface area contributed by atoms with Gasteiger partial charge in [-0.1, -0.05) is 93.6 Å². The Hall–Kier alpha value is -3.72. The summed E-state index contributed by atoms with van der Waals surface area (Å²) in [7, 11) is -1.43. The number of aliphatic hydroxyl groups is 1. The second kappa shape index (κ2) is 11.8. The molecule has 0 fully saturated rings. The van der Waals surface area contributed by atoms with E-state index in [0.29, 0.717) is 22.6 Å². The average molecular weight is 559 g/mol. The van der Waals surface area contributed by atoms with Gasteiger partial charge in [-0.15, -0.1) is 6.58 Å². The third-order valence-electron chi connectivity index (χ3n) is 7.47. The minimum Gasteiger partial charge on any atom is -0.494 e. The maximum Gasteiger partial charge on any atom is 0.261 e. The van der Waals surface area contributed by atoms with Crippen molar-refractivity contribution >= 4 is 36.2 Å². The zero-order chi connectivity index (χ0) is 29.1. The predicted octanol–water partition coefficient (Wildman–Crippen LogP) is 4.33. The summed E-state index contributed by atoms with van der Waals surface area (Å²) in [6, 6.07) is 23.3. The van der Waals surface area contributed by atoms with Gasteiger partial charge in [-0.05, 0) is 27.0 Å². The molecule has 4 rings (SSSR count). The minimum atomic E-state index is -2.95. The summed E-state index contributed by atoms with van der Waals surface area (Å²) in [5.74, 6) is -0.295. The van der Waals surface area contributed by atoms with Crippen LogP contribution in [0.25, 0.3) is 0 Å². The summed E-state index contributed by atoms with van der Waals surface area (Å²) in [5.41, 5.74) is 1.51. The molecule has 1 aliphatic heterocycles. The van der Waals surface area contributed by atoms with Crippen LogP contribution in [0.5, 0.6) is 5.75 Å². The van der Waals surface area contributed by atoms with E-state index < -0.39 is 26.4 Å². The number of anilines is 1. The molecule has 40 heavy (non-hydrogen) atoms. The Kier molecular flexibility index (Phi) is 8.63. The van der Waals surface area contributed by atoms with E-state index in [9.17, 15) is 14.7 Å². The molecule has 0 aromatic heterocycles. The number of benzene rings is 3. The molecule has 1 heterocycles. The van der Waals surface area contributed by atoms with Crippen LogP contribution < -0.4 is 20.4 Å². The molecule has 1 aliphatic rings. The van der Waals surface area contributed by atoms with Gasteiger partial charge in [-0.3, -0.25) is 9.59 Å². The van der Waals surface area contributed by atoms with Gasteiger partial charge >= 0.3 is 0 Å². The van der Waals surface area contributed by atoms with Gasteiger partial charge in [0.1, 0.15) is 5.75 Å². The number of nitrogens with zero attached hydrogens (tertiary/aromatic N) is 1. The van der Waals surface area contributed by atoms with Gasteiger partial charge in [-0.25, -0.2) is 0 Å². The lowest BCUT2D eigenvalue weighted by molar-refractivity contribution is -0.145. The van der Waals surface area contributed by atoms with Crippen LogP contribution in [0.15, 0.2) is 85.5 Å². The molecule has 0 radical (unpaired) electrons. The molecule has 2 atom stereocenters. The smallest absolute Gasteiger partial charge is 0.261 e. The molecule has 210 valence electrons. The van der Waals surface area contributed by atoms with E-state index in [4.69, 9.17) is 9.16 Å². The van der Waals surface area contributed by atoms with Crippen molar-refractivity contribution in [3.63, 3.8) is 0 Å². The van der Waals surface area contributed by atoms with Gasteiger partial charge in [0.2, 0.25) is 5.91 Å². The Morgan fingerprint density at radius 3 is 2.10 bits per heavy atom. The van der Waals surface area contributed by atoms with Gasteiger partial charge in [-0.2, -0.15) is 0 Å². The number of amides is 2. The van der Waals surface area contributed by atoms with Gasteiger partial charge in [0.15, 0.2) is 6.10 Å². The number of methoxy groups -OCH3 is 1. The number of hydrogen-bond donors (Lipinski definition) is 2. The van der Waals surface area contributed by atoms with Crippen LogP contribution in [-0.4, -0.2) is 50.4 Å². The maximum absolute atomic E-state index is 13.5. The largest absolute Gasteiger partial charge is 0.494 e. The van der Waals surface area contributed by atoms with Crippen LogP contribution in [0.4, 0.5) is 5.69 Å². The number of fused-ring (bicyclic) bond motifs is 1. The van der Waals surface area contributed by atoms with Crippen molar-refractivity contribution in [2.24, 2.45) is 0 Å². The summed E-state index contributed by atoms with van der Waals surface area (Å²) >= 11 is 0. The summed E-state index contributed by atoms with van der Waals surface area (Å²) in [4.78, 5) is 27.0. The molecule has 0 saturated carbocycles. The highest BCUT2D eigenvalue weighted by Gasteiger charge is 2.51. The first-order valence-corrected chi connectivity index (χ1v) is 15.3. The molecule has 0 aliphatic carbocycles. The van der Waals surface area contributed by atoms with Crippen molar-refractivity contribution in [2.45, 2.75) is 44.9 Å². The van der Waals surface area contributed by atoms with Crippen LogP contribution in [0.3, 0.4) is 0 Å². The normalized spacial score (nSPS) is 17.2. The van der Waals surface area contributed by atoms with Gasteiger partial charge < -0.3 is 24.5 Å². The molecular weight excluding hydrogens is 520 g/mol. The molecule has 2 N–H and O–H groups in total. The number of carbonyl (C=O) groups is 2. The highest BCUT2D eigenvalue weighted by Crippen LogP contribution is 2.46. The Morgan fingerprint density at radius 1 is 1.05 bits per heavy atom. The zero-order valence-electron chi connectivity index (χ0n) is 23.8. The summed E-state index contributed by atoms with van der Waals surface area (Å²) < 4.78 is 13.0. The fourth-order valence-electron chi connectivity index (χ4n) is 5.80. The Morgan fingerprint density at radius 2 is 1.62 bits per heavy atom. The highest BCUT2D eigenvalue weighted by molar-refractivity contribution is 6.99. The van der Waals surface area contributed by atoms with E-state index in [1.165, 1.54) is 14.0 Å². The Bertz CT molecular complexity index is 1330. The van der Waals surface area contributed by atoms with Crippen LogP contribution in [0.1, 0.15) is 51.0 Å². The monoisotopic (exact) mass is 558 g/mol. The van der Waals surface area contributed by atoms with E-state index in [2.05, 4.69) is 56.9 Å². The molecule has 8 heteroatoms. The van der Waals surface area contributed by atoms with Crippen molar-refractivity contribution in [3.05, 3.63) is 96.6 Å². The predicted molar refractivity (Wildman–Crippen MR) is 160 cm³/mol. The van der Waals surface area contributed by atoms with E-state index in [1.54, 1.807) is 23.1 Å². The minimum absolute atomic E-state index is 0.145. The van der Waals surface area contributed by atoms with E-state index >= 15 is 0 Å². The molecule has 0 spiro atoms. The number of ether oxygens (including phenoxy) is 1. The maximum atomic E-state index is 13.5. The second-order valence-corrected chi connectivity index (χ2v) is 15.3. The SMILES string of the molecule is C=CCN1C(=O)[C@@H](O)c2ccc(NC(C)=O)c(OC)c2[C@@H]1CO[Si](c1ccccc1)(c1ccccc1)C(C)(C)C. The standard InChI is InChI=1S/C32H38N2O5Si/c1-7-20-34-27(28-25(29(36)31(34)37)18-19-26(30(28)38-6)33-22(2)35)21-39-40(32(3,4)5,23-14-10-8-11-15-23)24-16-12-9-13-17-24/h7-19,27,29,36H,1,20-21H2,2-6H3,(H,33,35)/t27-,29-/m0/s1. The second-order valence-electron chi connectivity index (χ2n) is 11.0. The molecule has 0 bridgehead atoms. The Balaban J connectivity index is 1.92. The van der Waals surface area contributed by atoms with Crippen molar-refractivity contribution < 1.29 is 23.9 Å². The van der Waals surface area contributed by atoms with Gasteiger partial charge in [0.25, 0.3) is 14.2 Å². The molecule has 0 saturated heterocycles. The van der Waals surface area contributed by atoms with Crippen LogP contribution in [-0.2, 0) is 14.0 Å². The molecule has 3 aromatic carbocycles. The lowest BCUT2D eigenvalue weighted by atomic mass is 9.89. The molecule has 3 aromatic rings. The van der Waals surface area contributed by atoms with E-state index in [1.807, 2.05) is 36.4 Å². The number of nitrogens with one attached hydrogen (secondary N) is 1. The first kappa shape index (κ1) is 29.3. The first-order valence-electron chi connectivity index (χ1n) is 13.4. The van der Waals surface area contributed by atoms with E-state index in [0.717, 1.165) is 10.4 Å². The fourth-order valence-corrected chi connectivity index (χ4v) is 10.4. The molecule has 7 nitrogen and oxygen atoms in total. The number of carbonyl (C=O) groups excluding carboxylic acids is 2. The topological polar surface area (TPSA) is 88.1 Å². The third-order valence-corrected chi connectivity index (χ3v) is 12.5. The molecule has 0 unspecified atom stereocenters.